The maximum atomic E-state index is 12.2. The van der Waals surface area contributed by atoms with Crippen molar-refractivity contribution in [1.82, 2.24) is 0 Å². The van der Waals surface area contributed by atoms with Crippen molar-refractivity contribution < 1.29 is 14.3 Å². The van der Waals surface area contributed by atoms with Gasteiger partial charge in [0, 0.05) is 0 Å². The minimum absolute atomic E-state index is 0.387. The summed E-state index contributed by atoms with van der Waals surface area (Å²) in [5.74, 6) is 0.451. The molecule has 0 spiro atoms. The maximum absolute atomic E-state index is 12.2. The summed E-state index contributed by atoms with van der Waals surface area (Å²) in [4.78, 5) is 12.2. The molecule has 4 heteroatoms. The Balaban J connectivity index is 0.00000176. The van der Waals surface area contributed by atoms with E-state index >= 15 is 0 Å². The minimum Gasteiger partial charge on any atom is -0.497 e. The predicted molar refractivity (Wildman–Crippen MR) is 108 cm³/mol. The average Bonchev–Trinajstić information content (AvgIpc) is 2.73. The summed E-state index contributed by atoms with van der Waals surface area (Å²) in [5.41, 5.74) is 2.57. The SMILES string of the molecule is C=C(/C=C\C(=C)c1ccc(C(=O)Oc2ccc(C#N)cc2)cc1)OC.CC. The van der Waals surface area contributed by atoms with Crippen LogP contribution in [0.3, 0.4) is 0 Å². The Hall–Kier alpha value is -3.58. The highest BCUT2D eigenvalue weighted by Crippen LogP contribution is 2.18. The first-order valence-electron chi connectivity index (χ1n) is 8.46. The second kappa shape index (κ2) is 11.1. The molecule has 0 aliphatic heterocycles. The number of benzene rings is 2. The van der Waals surface area contributed by atoms with E-state index in [0.29, 0.717) is 22.6 Å². The van der Waals surface area contributed by atoms with E-state index in [1.807, 2.05) is 19.9 Å². The van der Waals surface area contributed by atoms with Crippen LogP contribution in [0.25, 0.3) is 5.57 Å². The van der Waals surface area contributed by atoms with Gasteiger partial charge >= 0.3 is 5.97 Å². The van der Waals surface area contributed by atoms with Crippen molar-refractivity contribution in [3.63, 3.8) is 0 Å². The lowest BCUT2D eigenvalue weighted by Gasteiger charge is -2.06. The maximum Gasteiger partial charge on any atom is 0.343 e. The fraction of sp³-hybridized carbons (Fsp3) is 0.130. The molecule has 0 aliphatic carbocycles. The highest BCUT2D eigenvalue weighted by Gasteiger charge is 2.09. The molecule has 2 aromatic rings. The van der Waals surface area contributed by atoms with Crippen molar-refractivity contribution in [1.29, 1.82) is 5.26 Å². The lowest BCUT2D eigenvalue weighted by atomic mass is 10.0. The van der Waals surface area contributed by atoms with Gasteiger partial charge < -0.3 is 9.47 Å². The van der Waals surface area contributed by atoms with Gasteiger partial charge in [0.2, 0.25) is 0 Å². The number of allylic oxidation sites excluding steroid dienone is 3. The summed E-state index contributed by atoms with van der Waals surface area (Å²) in [7, 11) is 1.55. The van der Waals surface area contributed by atoms with Gasteiger partial charge in [-0.1, -0.05) is 45.2 Å². The van der Waals surface area contributed by atoms with Crippen LogP contribution in [0.4, 0.5) is 0 Å². The fourth-order valence-electron chi connectivity index (χ4n) is 1.94. The number of hydrogen-bond donors (Lipinski definition) is 0. The first-order valence-corrected chi connectivity index (χ1v) is 8.46. The molecular formula is C23H23NO3. The molecule has 0 unspecified atom stereocenters. The largest absolute Gasteiger partial charge is 0.497 e. The van der Waals surface area contributed by atoms with Crippen LogP contribution >= 0.6 is 0 Å². The van der Waals surface area contributed by atoms with Crippen LogP contribution in [0.5, 0.6) is 5.75 Å². The molecule has 0 radical (unpaired) electrons. The standard InChI is InChI=1S/C21H17NO3.C2H6/c1-15(4-5-16(2)24-3)18-8-10-19(11-9-18)21(23)25-20-12-6-17(14-22)7-13-20;1-2/h4-13H,1-2H2,3H3;1-2H3/b5-4-;. The normalized spacial score (nSPS) is 9.56. The number of carbonyl (C=O) groups excluding carboxylic acids is 1. The molecule has 0 atom stereocenters. The summed E-state index contributed by atoms with van der Waals surface area (Å²) in [5, 5.41) is 8.76. The van der Waals surface area contributed by atoms with E-state index in [9.17, 15) is 4.79 Å². The number of esters is 1. The molecule has 0 amide bonds. The summed E-state index contributed by atoms with van der Waals surface area (Å²) >= 11 is 0. The molecule has 2 aromatic carbocycles. The van der Waals surface area contributed by atoms with Gasteiger partial charge in [0.1, 0.15) is 11.5 Å². The van der Waals surface area contributed by atoms with Crippen molar-refractivity contribution in [3.05, 3.63) is 96.3 Å². The van der Waals surface area contributed by atoms with E-state index in [1.165, 1.54) is 0 Å². The monoisotopic (exact) mass is 361 g/mol. The average molecular weight is 361 g/mol. The smallest absolute Gasteiger partial charge is 0.343 e. The van der Waals surface area contributed by atoms with Crippen molar-refractivity contribution in [2.24, 2.45) is 0 Å². The van der Waals surface area contributed by atoms with E-state index < -0.39 is 5.97 Å². The third kappa shape index (κ3) is 6.68. The molecule has 0 bridgehead atoms. The van der Waals surface area contributed by atoms with Crippen LogP contribution in [-0.4, -0.2) is 13.1 Å². The third-order valence-electron chi connectivity index (χ3n) is 3.42. The zero-order valence-corrected chi connectivity index (χ0v) is 15.9. The van der Waals surface area contributed by atoms with Gasteiger partial charge in [-0.2, -0.15) is 5.26 Å². The van der Waals surface area contributed by atoms with Gasteiger partial charge in [-0.15, -0.1) is 0 Å². The van der Waals surface area contributed by atoms with Gasteiger partial charge in [-0.3, -0.25) is 0 Å². The Morgan fingerprint density at radius 3 is 2.04 bits per heavy atom. The molecule has 27 heavy (non-hydrogen) atoms. The molecule has 0 fully saturated rings. The number of rotatable bonds is 6. The van der Waals surface area contributed by atoms with E-state index in [4.69, 9.17) is 14.7 Å². The molecule has 0 N–H and O–H groups in total. The summed E-state index contributed by atoms with van der Waals surface area (Å²) in [6.07, 6.45) is 3.51. The summed E-state index contributed by atoms with van der Waals surface area (Å²) in [6.45, 7) is 11.7. The molecule has 0 aliphatic rings. The topological polar surface area (TPSA) is 59.3 Å². The number of carbonyl (C=O) groups is 1. The van der Waals surface area contributed by atoms with Gasteiger partial charge in [-0.05, 0) is 53.6 Å². The van der Waals surface area contributed by atoms with Crippen LogP contribution in [0.2, 0.25) is 0 Å². The number of nitriles is 1. The lowest BCUT2D eigenvalue weighted by molar-refractivity contribution is 0.0735. The number of hydrogen-bond acceptors (Lipinski definition) is 4. The molecule has 2 rings (SSSR count). The molecule has 0 saturated heterocycles. The first-order chi connectivity index (χ1) is 13.0. The van der Waals surface area contributed by atoms with E-state index in [2.05, 4.69) is 13.2 Å². The van der Waals surface area contributed by atoms with E-state index in [1.54, 1.807) is 67.8 Å². The quantitative estimate of drug-likeness (QED) is 0.294. The second-order valence-electron chi connectivity index (χ2n) is 5.13. The third-order valence-corrected chi connectivity index (χ3v) is 3.42. The second-order valence-corrected chi connectivity index (χ2v) is 5.13. The van der Waals surface area contributed by atoms with Crippen molar-refractivity contribution >= 4 is 11.5 Å². The van der Waals surface area contributed by atoms with Crippen molar-refractivity contribution in [2.75, 3.05) is 7.11 Å². The first kappa shape index (κ1) is 21.5. The van der Waals surface area contributed by atoms with Gasteiger partial charge in [0.05, 0.1) is 24.3 Å². The zero-order valence-electron chi connectivity index (χ0n) is 15.9. The lowest BCUT2D eigenvalue weighted by Crippen LogP contribution is -2.08. The van der Waals surface area contributed by atoms with Crippen LogP contribution in [-0.2, 0) is 4.74 Å². The molecule has 0 heterocycles. The molecule has 4 nitrogen and oxygen atoms in total. The zero-order chi connectivity index (χ0) is 20.2. The highest BCUT2D eigenvalue weighted by molar-refractivity contribution is 5.91. The van der Waals surface area contributed by atoms with Crippen LogP contribution in [0, 0.1) is 11.3 Å². The molecule has 0 saturated carbocycles. The summed E-state index contributed by atoms with van der Waals surface area (Å²) < 4.78 is 10.2. The van der Waals surface area contributed by atoms with E-state index in [0.717, 1.165) is 11.1 Å². The molecular weight excluding hydrogens is 338 g/mol. The van der Waals surface area contributed by atoms with E-state index in [-0.39, 0.29) is 0 Å². The fourth-order valence-corrected chi connectivity index (χ4v) is 1.94. The highest BCUT2D eigenvalue weighted by atomic mass is 16.5. The Morgan fingerprint density at radius 1 is 0.963 bits per heavy atom. The number of methoxy groups -OCH3 is 1. The van der Waals surface area contributed by atoms with Crippen molar-refractivity contribution in [3.8, 4) is 11.8 Å². The van der Waals surface area contributed by atoms with Crippen LogP contribution in [0.1, 0.15) is 35.3 Å². The summed E-state index contributed by atoms with van der Waals surface area (Å²) in [6, 6.07) is 15.3. The Bertz CT molecular complexity index is 854. The van der Waals surface area contributed by atoms with Gasteiger partial charge in [0.15, 0.2) is 0 Å². The Morgan fingerprint density at radius 2 is 1.52 bits per heavy atom. The Kier molecular flexibility index (Phi) is 8.84. The van der Waals surface area contributed by atoms with Gasteiger partial charge in [-0.25, -0.2) is 4.79 Å². The number of ether oxygens (including phenoxy) is 2. The van der Waals surface area contributed by atoms with Gasteiger partial charge in [0.25, 0.3) is 0 Å². The molecule has 0 aromatic heterocycles. The van der Waals surface area contributed by atoms with Crippen molar-refractivity contribution in [2.45, 2.75) is 13.8 Å². The predicted octanol–water partition coefficient (Wildman–Crippen LogP) is 5.53. The number of nitrogens with zero attached hydrogens (tertiary/aromatic N) is 1. The molecule has 138 valence electrons. The minimum atomic E-state index is -0.467. The van der Waals surface area contributed by atoms with Crippen LogP contribution in [0.15, 0.2) is 79.6 Å². The van der Waals surface area contributed by atoms with Crippen LogP contribution < -0.4 is 4.74 Å². The Labute approximate surface area is 160 Å².